The van der Waals surface area contributed by atoms with Crippen LogP contribution in [0.2, 0.25) is 0 Å². The summed E-state index contributed by atoms with van der Waals surface area (Å²) in [7, 11) is -2.04. The van der Waals surface area contributed by atoms with E-state index in [1.165, 1.54) is 6.92 Å². The molecule has 0 spiro atoms. The molecule has 0 aliphatic rings. The number of benzene rings is 1. The second-order valence-electron chi connectivity index (χ2n) is 2.82. The number of carbonyl (C=O) groups excluding carboxylic acids is 1. The van der Waals surface area contributed by atoms with E-state index in [2.05, 4.69) is 5.32 Å². The van der Waals surface area contributed by atoms with Crippen LogP contribution in [0, 0.1) is 0 Å². The summed E-state index contributed by atoms with van der Waals surface area (Å²) >= 11 is 0. The van der Waals surface area contributed by atoms with Gasteiger partial charge in [-0.15, -0.1) is 0 Å². The van der Waals surface area contributed by atoms with Crippen LogP contribution in [0.1, 0.15) is 17.3 Å². The Labute approximate surface area is 95.2 Å². The zero-order chi connectivity index (χ0) is 12.6. The van der Waals surface area contributed by atoms with E-state index in [1.54, 1.807) is 19.2 Å². The molecule has 0 aromatic heterocycles. The Kier molecular flexibility index (Phi) is 6.36. The van der Waals surface area contributed by atoms with Gasteiger partial charge in [-0.2, -0.15) is 8.42 Å². The van der Waals surface area contributed by atoms with Crippen molar-refractivity contribution in [2.45, 2.75) is 6.92 Å². The van der Waals surface area contributed by atoms with Gasteiger partial charge in [-0.25, -0.2) is 0 Å². The number of amides is 1. The Morgan fingerprint density at radius 2 is 1.75 bits per heavy atom. The molecule has 1 aromatic carbocycles. The lowest BCUT2D eigenvalue weighted by Crippen LogP contribution is -2.17. The normalized spacial score (nSPS) is 9.94. The van der Waals surface area contributed by atoms with E-state index in [1.807, 2.05) is 18.2 Å². The monoisotopic (exact) mass is 245 g/mol. The second-order valence-corrected chi connectivity index (χ2v) is 4.56. The van der Waals surface area contributed by atoms with Crippen LogP contribution in [-0.2, 0) is 10.1 Å². The molecule has 0 aliphatic heterocycles. The summed E-state index contributed by atoms with van der Waals surface area (Å²) in [5.74, 6) is -0.242. The molecule has 0 saturated heterocycles. The summed E-state index contributed by atoms with van der Waals surface area (Å²) in [5, 5.41) is 2.54. The van der Waals surface area contributed by atoms with Gasteiger partial charge in [0.05, 0.1) is 5.75 Å². The van der Waals surface area contributed by atoms with Crippen molar-refractivity contribution in [1.29, 1.82) is 0 Å². The smallest absolute Gasteiger partial charge is 0.264 e. The van der Waals surface area contributed by atoms with E-state index < -0.39 is 10.1 Å². The predicted molar refractivity (Wildman–Crippen MR) is 61.9 cm³/mol. The Morgan fingerprint density at radius 1 is 1.31 bits per heavy atom. The summed E-state index contributed by atoms with van der Waals surface area (Å²) in [6.07, 6.45) is 0. The molecule has 0 fully saturated rings. The van der Waals surface area contributed by atoms with Crippen LogP contribution in [0.3, 0.4) is 0 Å². The quantitative estimate of drug-likeness (QED) is 0.759. The first-order valence-electron chi connectivity index (χ1n) is 4.63. The number of hydrogen-bond acceptors (Lipinski definition) is 3. The van der Waals surface area contributed by atoms with Gasteiger partial charge in [0.25, 0.3) is 16.0 Å². The van der Waals surface area contributed by atoms with Crippen molar-refractivity contribution >= 4 is 16.0 Å². The molecule has 90 valence electrons. The Morgan fingerprint density at radius 3 is 2.06 bits per heavy atom. The Balaban J connectivity index is 0.000000325. The summed E-state index contributed by atoms with van der Waals surface area (Å²) in [5.41, 5.74) is 0.699. The molecule has 2 N–H and O–H groups in total. The first-order chi connectivity index (χ1) is 7.40. The van der Waals surface area contributed by atoms with Crippen molar-refractivity contribution in [2.75, 3.05) is 12.8 Å². The molecule has 1 aromatic rings. The second kappa shape index (κ2) is 6.97. The number of rotatable bonds is 2. The summed E-state index contributed by atoms with van der Waals surface area (Å²) in [6, 6.07) is 9.11. The van der Waals surface area contributed by atoms with Crippen LogP contribution < -0.4 is 5.32 Å². The molecule has 1 rings (SSSR count). The fraction of sp³-hybridized carbons (Fsp3) is 0.300. The third-order valence-corrected chi connectivity index (χ3v) is 2.36. The van der Waals surface area contributed by atoms with E-state index in [9.17, 15) is 13.2 Å². The van der Waals surface area contributed by atoms with E-state index in [-0.39, 0.29) is 11.7 Å². The standard InChI is InChI=1S/C8H9NO.C2H6O3S/c1-9-8(10)7-5-3-2-4-6-7;1-2-6(3,4)5/h2-6H,1H3,(H,9,10);2H2,1H3,(H,3,4,5). The molecular weight excluding hydrogens is 230 g/mol. The number of nitrogens with one attached hydrogen (secondary N) is 1. The predicted octanol–water partition coefficient (Wildman–Crippen LogP) is 0.940. The van der Waals surface area contributed by atoms with Gasteiger partial charge in [0.15, 0.2) is 0 Å². The zero-order valence-electron chi connectivity index (χ0n) is 9.17. The average molecular weight is 245 g/mol. The van der Waals surface area contributed by atoms with Gasteiger partial charge in [0.1, 0.15) is 0 Å². The van der Waals surface area contributed by atoms with Gasteiger partial charge in [-0.1, -0.05) is 18.2 Å². The molecule has 0 atom stereocenters. The molecule has 0 saturated carbocycles. The topological polar surface area (TPSA) is 83.5 Å². The van der Waals surface area contributed by atoms with Crippen molar-refractivity contribution in [3.05, 3.63) is 35.9 Å². The van der Waals surface area contributed by atoms with Gasteiger partial charge in [-0.3, -0.25) is 9.35 Å². The molecular formula is C10H15NO4S. The molecule has 5 nitrogen and oxygen atoms in total. The summed E-state index contributed by atoms with van der Waals surface area (Å²) < 4.78 is 26.9. The average Bonchev–Trinajstić information content (AvgIpc) is 2.29. The van der Waals surface area contributed by atoms with Gasteiger partial charge in [0.2, 0.25) is 0 Å². The van der Waals surface area contributed by atoms with Crippen LogP contribution in [0.15, 0.2) is 30.3 Å². The van der Waals surface area contributed by atoms with Crippen molar-refractivity contribution in [3.63, 3.8) is 0 Å². The van der Waals surface area contributed by atoms with Crippen molar-refractivity contribution in [1.82, 2.24) is 5.32 Å². The van der Waals surface area contributed by atoms with Crippen LogP contribution in [0.5, 0.6) is 0 Å². The van der Waals surface area contributed by atoms with E-state index in [0.717, 1.165) is 0 Å². The number of carbonyl (C=O) groups is 1. The molecule has 0 unspecified atom stereocenters. The molecule has 16 heavy (non-hydrogen) atoms. The molecule has 6 heteroatoms. The van der Waals surface area contributed by atoms with Crippen LogP contribution in [0.4, 0.5) is 0 Å². The van der Waals surface area contributed by atoms with E-state index >= 15 is 0 Å². The van der Waals surface area contributed by atoms with E-state index in [4.69, 9.17) is 4.55 Å². The lowest BCUT2D eigenvalue weighted by Gasteiger charge is -1.96. The first-order valence-corrected chi connectivity index (χ1v) is 6.24. The highest BCUT2D eigenvalue weighted by Gasteiger charge is 1.97. The maximum Gasteiger partial charge on any atom is 0.264 e. The minimum Gasteiger partial charge on any atom is -0.355 e. The minimum absolute atomic E-state index is 0.0411. The highest BCUT2D eigenvalue weighted by Crippen LogP contribution is 1.96. The lowest BCUT2D eigenvalue weighted by molar-refractivity contribution is 0.0963. The molecule has 0 heterocycles. The highest BCUT2D eigenvalue weighted by atomic mass is 32.2. The van der Waals surface area contributed by atoms with Crippen molar-refractivity contribution in [3.8, 4) is 0 Å². The van der Waals surface area contributed by atoms with Crippen LogP contribution >= 0.6 is 0 Å². The van der Waals surface area contributed by atoms with Gasteiger partial charge in [0, 0.05) is 12.6 Å². The van der Waals surface area contributed by atoms with E-state index in [0.29, 0.717) is 5.56 Å². The highest BCUT2D eigenvalue weighted by molar-refractivity contribution is 7.85. The largest absolute Gasteiger partial charge is 0.355 e. The molecule has 0 aliphatic carbocycles. The van der Waals surface area contributed by atoms with Crippen molar-refractivity contribution in [2.24, 2.45) is 0 Å². The summed E-state index contributed by atoms with van der Waals surface area (Å²) in [6.45, 7) is 1.37. The van der Waals surface area contributed by atoms with Crippen LogP contribution in [0.25, 0.3) is 0 Å². The van der Waals surface area contributed by atoms with Crippen LogP contribution in [-0.4, -0.2) is 31.7 Å². The first kappa shape index (κ1) is 14.6. The third-order valence-electron chi connectivity index (χ3n) is 1.63. The maximum absolute atomic E-state index is 10.9. The maximum atomic E-state index is 10.9. The van der Waals surface area contributed by atoms with Gasteiger partial charge >= 0.3 is 0 Å². The summed E-state index contributed by atoms with van der Waals surface area (Å²) in [4.78, 5) is 10.9. The third kappa shape index (κ3) is 6.97. The SMILES string of the molecule is CCS(=O)(=O)O.CNC(=O)c1ccccc1. The van der Waals surface area contributed by atoms with Gasteiger partial charge < -0.3 is 5.32 Å². The fourth-order valence-corrected chi connectivity index (χ4v) is 0.734. The zero-order valence-corrected chi connectivity index (χ0v) is 9.99. The molecule has 0 radical (unpaired) electrons. The lowest BCUT2D eigenvalue weighted by atomic mass is 10.2. The van der Waals surface area contributed by atoms with Crippen molar-refractivity contribution < 1.29 is 17.8 Å². The van der Waals surface area contributed by atoms with Gasteiger partial charge in [-0.05, 0) is 19.1 Å². The molecule has 1 amide bonds. The Bertz CT molecular complexity index is 414. The molecule has 0 bridgehead atoms. The minimum atomic E-state index is -3.66. The fourth-order valence-electron chi connectivity index (χ4n) is 0.734. The Hall–Kier alpha value is -1.40. The number of hydrogen-bond donors (Lipinski definition) is 2.